The topological polar surface area (TPSA) is 55.8 Å². The van der Waals surface area contributed by atoms with Crippen molar-refractivity contribution in [3.63, 3.8) is 0 Å². The van der Waals surface area contributed by atoms with E-state index in [1.165, 1.54) is 5.56 Å². The number of hydrogen-bond donors (Lipinski definition) is 1. The number of carbonyl (C=O) groups is 1. The average molecular weight is 568 g/mol. The molecule has 0 bridgehead atoms. The molecule has 1 aliphatic heterocycles. The molecule has 0 amide bonds. The summed E-state index contributed by atoms with van der Waals surface area (Å²) in [7, 11) is 0. The van der Waals surface area contributed by atoms with Crippen LogP contribution in [0, 0.1) is 11.8 Å². The number of ether oxygens (including phenoxy) is 2. The lowest BCUT2D eigenvalue weighted by Crippen LogP contribution is -2.39. The van der Waals surface area contributed by atoms with Gasteiger partial charge in [0.25, 0.3) is 0 Å². The molecule has 1 fully saturated rings. The van der Waals surface area contributed by atoms with E-state index in [2.05, 4.69) is 26.5 Å². The SMILES string of the molecule is C=C(C)[C@H]1C[C@H](c2cccc(Cl)c2)[C@@H](C(C)C)O[C@@H]1c1cc(CCC(=O)O)ccc1OCc1cccc(Cl)c1. The third-order valence-corrected chi connectivity index (χ3v) is 7.90. The molecule has 3 aromatic rings. The van der Waals surface area contributed by atoms with E-state index in [0.717, 1.165) is 28.7 Å². The van der Waals surface area contributed by atoms with Crippen LogP contribution < -0.4 is 4.74 Å². The van der Waals surface area contributed by atoms with Gasteiger partial charge in [0.15, 0.2) is 0 Å². The quantitative estimate of drug-likeness (QED) is 0.248. The minimum Gasteiger partial charge on any atom is -0.489 e. The van der Waals surface area contributed by atoms with Crippen LogP contribution in [-0.4, -0.2) is 17.2 Å². The zero-order valence-electron chi connectivity index (χ0n) is 22.7. The normalized spacial score (nSPS) is 21.1. The molecule has 0 spiro atoms. The Kier molecular flexibility index (Phi) is 9.76. The first kappa shape index (κ1) is 29.2. The summed E-state index contributed by atoms with van der Waals surface area (Å²) in [5.41, 5.74) is 5.02. The summed E-state index contributed by atoms with van der Waals surface area (Å²) in [4.78, 5) is 11.3. The van der Waals surface area contributed by atoms with Gasteiger partial charge in [0, 0.05) is 33.9 Å². The van der Waals surface area contributed by atoms with Crippen LogP contribution in [0.25, 0.3) is 0 Å². The van der Waals surface area contributed by atoms with Gasteiger partial charge in [0.05, 0.1) is 12.2 Å². The molecule has 6 heteroatoms. The van der Waals surface area contributed by atoms with Gasteiger partial charge in [0.2, 0.25) is 0 Å². The van der Waals surface area contributed by atoms with Gasteiger partial charge in [-0.2, -0.15) is 0 Å². The van der Waals surface area contributed by atoms with E-state index in [9.17, 15) is 9.90 Å². The van der Waals surface area contributed by atoms with Crippen LogP contribution in [0.5, 0.6) is 5.75 Å². The molecule has 1 heterocycles. The Labute approximate surface area is 241 Å². The minimum atomic E-state index is -0.823. The van der Waals surface area contributed by atoms with Crippen molar-refractivity contribution in [1.29, 1.82) is 0 Å². The lowest BCUT2D eigenvalue weighted by Gasteiger charge is -2.44. The van der Waals surface area contributed by atoms with E-state index < -0.39 is 5.97 Å². The number of halogens is 2. The third kappa shape index (κ3) is 7.45. The molecule has 3 aromatic carbocycles. The summed E-state index contributed by atoms with van der Waals surface area (Å²) in [5, 5.41) is 10.6. The maximum absolute atomic E-state index is 11.3. The highest BCUT2D eigenvalue weighted by Crippen LogP contribution is 2.50. The summed E-state index contributed by atoms with van der Waals surface area (Å²) in [6, 6.07) is 21.6. The highest BCUT2D eigenvalue weighted by atomic mass is 35.5. The van der Waals surface area contributed by atoms with Crippen molar-refractivity contribution >= 4 is 29.2 Å². The Morgan fingerprint density at radius 3 is 2.41 bits per heavy atom. The number of carboxylic acids is 1. The van der Waals surface area contributed by atoms with Crippen molar-refractivity contribution < 1.29 is 19.4 Å². The molecule has 0 radical (unpaired) electrons. The summed E-state index contributed by atoms with van der Waals surface area (Å²) < 4.78 is 13.3. The maximum atomic E-state index is 11.3. The molecule has 4 atom stereocenters. The van der Waals surface area contributed by atoms with E-state index >= 15 is 0 Å². The van der Waals surface area contributed by atoms with Gasteiger partial charge in [-0.3, -0.25) is 4.79 Å². The van der Waals surface area contributed by atoms with Crippen LogP contribution in [0.15, 0.2) is 78.9 Å². The van der Waals surface area contributed by atoms with Gasteiger partial charge in [-0.25, -0.2) is 0 Å². The molecule has 206 valence electrons. The smallest absolute Gasteiger partial charge is 0.303 e. The number of carboxylic acid groups (broad SMARTS) is 1. The van der Waals surface area contributed by atoms with Crippen LogP contribution >= 0.6 is 23.2 Å². The number of hydrogen-bond acceptors (Lipinski definition) is 3. The largest absolute Gasteiger partial charge is 0.489 e. The van der Waals surface area contributed by atoms with E-state index in [1.54, 1.807) is 0 Å². The van der Waals surface area contributed by atoms with Gasteiger partial charge in [-0.05, 0) is 78.8 Å². The first-order valence-electron chi connectivity index (χ1n) is 13.4. The Morgan fingerprint density at radius 1 is 1.05 bits per heavy atom. The molecule has 0 saturated carbocycles. The van der Waals surface area contributed by atoms with Crippen molar-refractivity contribution in [3.8, 4) is 5.75 Å². The summed E-state index contributed by atoms with van der Waals surface area (Å²) in [6.45, 7) is 11.1. The molecule has 1 N–H and O–H groups in total. The fourth-order valence-electron chi connectivity index (χ4n) is 5.47. The number of rotatable bonds is 10. The summed E-state index contributed by atoms with van der Waals surface area (Å²) >= 11 is 12.6. The third-order valence-electron chi connectivity index (χ3n) is 7.43. The summed E-state index contributed by atoms with van der Waals surface area (Å²) in [6.07, 6.45) is 1.01. The second kappa shape index (κ2) is 13.0. The van der Waals surface area contributed by atoms with Gasteiger partial charge >= 0.3 is 5.97 Å². The highest BCUT2D eigenvalue weighted by Gasteiger charge is 2.42. The van der Waals surface area contributed by atoms with Crippen LogP contribution in [0.4, 0.5) is 0 Å². The first-order valence-corrected chi connectivity index (χ1v) is 14.2. The standard InChI is InChI=1S/C33H36Cl2O4/c1-20(2)27-18-28(24-8-6-10-26(35)17-24)32(21(3)4)39-33(27)29-16-22(12-14-31(36)37)11-13-30(29)38-19-23-7-5-9-25(34)15-23/h5-11,13,15-17,21,27-28,32-33H,1,12,14,18-19H2,2-4H3,(H,36,37)/t27-,28-,32-,33+/m1/s1. The molecule has 1 aliphatic rings. The van der Waals surface area contributed by atoms with Crippen molar-refractivity contribution in [2.75, 3.05) is 0 Å². The predicted octanol–water partition coefficient (Wildman–Crippen LogP) is 9.05. The molecular weight excluding hydrogens is 531 g/mol. The Hall–Kier alpha value is -2.79. The van der Waals surface area contributed by atoms with E-state index in [-0.39, 0.29) is 36.4 Å². The van der Waals surface area contributed by atoms with Crippen molar-refractivity contribution in [1.82, 2.24) is 0 Å². The fraction of sp³-hybridized carbons (Fsp3) is 0.364. The van der Waals surface area contributed by atoms with E-state index in [1.807, 2.05) is 67.6 Å². The van der Waals surface area contributed by atoms with Crippen LogP contribution in [0.1, 0.15) is 67.9 Å². The zero-order valence-corrected chi connectivity index (χ0v) is 24.2. The monoisotopic (exact) mass is 566 g/mol. The average Bonchev–Trinajstić information content (AvgIpc) is 2.90. The van der Waals surface area contributed by atoms with Crippen molar-refractivity contribution in [2.24, 2.45) is 11.8 Å². The Bertz CT molecular complexity index is 1320. The Balaban J connectivity index is 1.72. The molecular formula is C33H36Cl2O4. The van der Waals surface area contributed by atoms with Crippen molar-refractivity contribution in [2.45, 2.75) is 64.8 Å². The zero-order chi connectivity index (χ0) is 28.1. The maximum Gasteiger partial charge on any atom is 0.303 e. The highest BCUT2D eigenvalue weighted by molar-refractivity contribution is 6.30. The second-order valence-electron chi connectivity index (χ2n) is 10.8. The van der Waals surface area contributed by atoms with Gasteiger partial charge in [-0.15, -0.1) is 0 Å². The van der Waals surface area contributed by atoms with Crippen LogP contribution in [0.2, 0.25) is 10.0 Å². The fourth-order valence-corrected chi connectivity index (χ4v) is 5.88. The van der Waals surface area contributed by atoms with Crippen molar-refractivity contribution in [3.05, 3.63) is 111 Å². The summed E-state index contributed by atoms with van der Waals surface area (Å²) in [5.74, 6) is 0.346. The minimum absolute atomic E-state index is 0.0345. The molecule has 4 rings (SSSR count). The van der Waals surface area contributed by atoms with E-state index in [0.29, 0.717) is 28.8 Å². The van der Waals surface area contributed by atoms with Gasteiger partial charge in [0.1, 0.15) is 12.4 Å². The first-order chi connectivity index (χ1) is 18.6. The molecule has 1 saturated heterocycles. The number of aliphatic carboxylic acids is 1. The number of aryl methyl sites for hydroxylation is 1. The number of benzene rings is 3. The molecule has 39 heavy (non-hydrogen) atoms. The predicted molar refractivity (Wildman–Crippen MR) is 158 cm³/mol. The molecule has 0 aromatic heterocycles. The molecule has 0 aliphatic carbocycles. The van der Waals surface area contributed by atoms with Gasteiger partial charge in [-0.1, -0.05) is 79.5 Å². The van der Waals surface area contributed by atoms with Crippen LogP contribution in [-0.2, 0) is 22.6 Å². The molecule has 4 nitrogen and oxygen atoms in total. The lowest BCUT2D eigenvalue weighted by molar-refractivity contribution is -0.136. The lowest BCUT2D eigenvalue weighted by atomic mass is 9.73. The van der Waals surface area contributed by atoms with E-state index in [4.69, 9.17) is 32.7 Å². The molecule has 0 unspecified atom stereocenters. The Morgan fingerprint density at radius 2 is 1.77 bits per heavy atom. The second-order valence-corrected chi connectivity index (χ2v) is 11.7. The van der Waals surface area contributed by atoms with Gasteiger partial charge < -0.3 is 14.6 Å². The van der Waals surface area contributed by atoms with Crippen LogP contribution in [0.3, 0.4) is 0 Å².